The van der Waals surface area contributed by atoms with Crippen LogP contribution in [0.25, 0.3) is 11.3 Å². The molecule has 0 spiro atoms. The summed E-state index contributed by atoms with van der Waals surface area (Å²) in [6.45, 7) is 0.414. The van der Waals surface area contributed by atoms with Crippen molar-refractivity contribution >= 4 is 5.91 Å². The molecule has 1 amide bonds. The van der Waals surface area contributed by atoms with Crippen molar-refractivity contribution in [1.29, 1.82) is 0 Å². The average molecular weight is 339 g/mol. The molecule has 5 nitrogen and oxygen atoms in total. The molecule has 1 heterocycles. The van der Waals surface area contributed by atoms with E-state index in [0.717, 1.165) is 5.56 Å². The number of hydrogen-bond acceptors (Lipinski definition) is 3. The second kappa shape index (κ2) is 7.17. The maximum Gasteiger partial charge on any atom is 0.269 e. The topological polar surface area (TPSA) is 56.1 Å². The number of carbonyl (C=O) groups excluding carboxylic acids is 1. The van der Waals surface area contributed by atoms with Crippen LogP contribution >= 0.6 is 0 Å². The quantitative estimate of drug-likeness (QED) is 0.777. The van der Waals surface area contributed by atoms with E-state index in [1.807, 2.05) is 30.3 Å². The Morgan fingerprint density at radius 1 is 1.20 bits per heavy atom. The van der Waals surface area contributed by atoms with Crippen molar-refractivity contribution in [3.63, 3.8) is 0 Å². The van der Waals surface area contributed by atoms with Gasteiger partial charge in [-0.3, -0.25) is 9.48 Å². The molecule has 0 bridgehead atoms. The molecule has 6 heteroatoms. The van der Waals surface area contributed by atoms with E-state index < -0.39 is 5.82 Å². The van der Waals surface area contributed by atoms with Crippen molar-refractivity contribution in [2.45, 2.75) is 6.54 Å². The van der Waals surface area contributed by atoms with Crippen LogP contribution in [0, 0.1) is 5.82 Å². The summed E-state index contributed by atoms with van der Waals surface area (Å²) in [5.41, 5.74) is 2.08. The molecule has 1 aromatic heterocycles. The number of carbonyl (C=O) groups is 1. The van der Waals surface area contributed by atoms with Gasteiger partial charge >= 0.3 is 0 Å². The van der Waals surface area contributed by atoms with Gasteiger partial charge in [-0.05, 0) is 23.8 Å². The molecule has 0 radical (unpaired) electrons. The highest BCUT2D eigenvalue weighted by Gasteiger charge is 2.16. The summed E-state index contributed by atoms with van der Waals surface area (Å²) < 4.78 is 20.6. The predicted octanol–water partition coefficient (Wildman–Crippen LogP) is 3.16. The summed E-state index contributed by atoms with van der Waals surface area (Å²) in [5.74, 6) is -0.286. The van der Waals surface area contributed by atoms with Gasteiger partial charge in [0, 0.05) is 25.2 Å². The van der Waals surface area contributed by atoms with Crippen molar-refractivity contribution in [2.75, 3.05) is 7.11 Å². The maximum atomic E-state index is 14.2. The van der Waals surface area contributed by atoms with E-state index in [2.05, 4.69) is 10.4 Å². The second-order valence-electron chi connectivity index (χ2n) is 5.55. The summed E-state index contributed by atoms with van der Waals surface area (Å²) in [6, 6.07) is 15.7. The first-order chi connectivity index (χ1) is 12.1. The third-order valence-electron chi connectivity index (χ3n) is 3.86. The number of methoxy groups -OCH3 is 1. The van der Waals surface area contributed by atoms with E-state index in [9.17, 15) is 9.18 Å². The van der Waals surface area contributed by atoms with Crippen LogP contribution in [0.5, 0.6) is 5.75 Å². The van der Waals surface area contributed by atoms with E-state index in [-0.39, 0.29) is 5.91 Å². The summed E-state index contributed by atoms with van der Waals surface area (Å²) in [6.07, 6.45) is 0. The third-order valence-corrected chi connectivity index (χ3v) is 3.86. The Balaban J connectivity index is 1.79. The molecular weight excluding hydrogens is 321 g/mol. The smallest absolute Gasteiger partial charge is 0.269 e. The van der Waals surface area contributed by atoms with E-state index in [0.29, 0.717) is 29.2 Å². The molecular formula is C19H18FN3O2. The van der Waals surface area contributed by atoms with Gasteiger partial charge in [-0.2, -0.15) is 5.10 Å². The molecule has 0 saturated heterocycles. The lowest BCUT2D eigenvalue weighted by atomic mass is 10.1. The molecule has 3 aromatic rings. The standard InChI is InChI=1S/C19H18FN3O2/c1-23-18(19(24)21-12-13-6-4-3-5-7-13)11-17(22-23)15-9-8-14(25-2)10-16(15)20/h3-11H,12H2,1-2H3,(H,21,24). The lowest BCUT2D eigenvalue weighted by molar-refractivity contribution is 0.0941. The van der Waals surface area contributed by atoms with Gasteiger partial charge in [0.25, 0.3) is 5.91 Å². The van der Waals surface area contributed by atoms with Crippen LogP contribution < -0.4 is 10.1 Å². The zero-order chi connectivity index (χ0) is 17.8. The predicted molar refractivity (Wildman–Crippen MR) is 92.8 cm³/mol. The van der Waals surface area contributed by atoms with Crippen molar-refractivity contribution < 1.29 is 13.9 Å². The minimum atomic E-state index is -0.450. The van der Waals surface area contributed by atoms with Gasteiger partial charge in [-0.15, -0.1) is 0 Å². The van der Waals surface area contributed by atoms with Gasteiger partial charge < -0.3 is 10.1 Å². The highest BCUT2D eigenvalue weighted by molar-refractivity contribution is 5.93. The van der Waals surface area contributed by atoms with Gasteiger partial charge in [0.05, 0.1) is 12.8 Å². The maximum absolute atomic E-state index is 14.2. The van der Waals surface area contributed by atoms with E-state index in [1.54, 1.807) is 25.2 Å². The molecule has 128 valence electrons. The monoisotopic (exact) mass is 339 g/mol. The number of nitrogens with zero attached hydrogens (tertiary/aromatic N) is 2. The first-order valence-corrected chi connectivity index (χ1v) is 7.78. The highest BCUT2D eigenvalue weighted by atomic mass is 19.1. The number of amides is 1. The summed E-state index contributed by atoms with van der Waals surface area (Å²) >= 11 is 0. The van der Waals surface area contributed by atoms with Gasteiger partial charge in [0.2, 0.25) is 0 Å². The van der Waals surface area contributed by atoms with Crippen molar-refractivity contribution in [1.82, 2.24) is 15.1 Å². The van der Waals surface area contributed by atoms with Gasteiger partial charge in [-0.25, -0.2) is 4.39 Å². The molecule has 0 aliphatic carbocycles. The lowest BCUT2D eigenvalue weighted by Gasteiger charge is -2.05. The van der Waals surface area contributed by atoms with Crippen molar-refractivity contribution in [2.24, 2.45) is 7.05 Å². The van der Waals surface area contributed by atoms with E-state index in [1.165, 1.54) is 17.9 Å². The lowest BCUT2D eigenvalue weighted by Crippen LogP contribution is -2.25. The second-order valence-corrected chi connectivity index (χ2v) is 5.55. The number of hydrogen-bond donors (Lipinski definition) is 1. The number of aryl methyl sites for hydroxylation is 1. The fraction of sp³-hybridized carbons (Fsp3) is 0.158. The summed E-state index contributed by atoms with van der Waals surface area (Å²) in [7, 11) is 3.13. The van der Waals surface area contributed by atoms with E-state index in [4.69, 9.17) is 4.74 Å². The van der Waals surface area contributed by atoms with Crippen LogP contribution in [0.3, 0.4) is 0 Å². The van der Waals surface area contributed by atoms with Gasteiger partial charge in [0.15, 0.2) is 0 Å². The molecule has 3 rings (SSSR count). The van der Waals surface area contributed by atoms with Crippen molar-refractivity contribution in [3.8, 4) is 17.0 Å². The Labute approximate surface area is 145 Å². The Hall–Kier alpha value is -3.15. The number of nitrogens with one attached hydrogen (secondary N) is 1. The Bertz CT molecular complexity index is 891. The molecule has 0 fully saturated rings. The molecule has 0 aliphatic rings. The third kappa shape index (κ3) is 3.68. The number of benzene rings is 2. The van der Waals surface area contributed by atoms with Crippen LogP contribution in [0.4, 0.5) is 4.39 Å². The van der Waals surface area contributed by atoms with Crippen LogP contribution in [-0.2, 0) is 13.6 Å². The highest BCUT2D eigenvalue weighted by Crippen LogP contribution is 2.25. The van der Waals surface area contributed by atoms with Crippen LogP contribution in [0.15, 0.2) is 54.6 Å². The fourth-order valence-corrected chi connectivity index (χ4v) is 2.51. The molecule has 0 unspecified atom stereocenters. The minimum Gasteiger partial charge on any atom is -0.497 e. The first kappa shape index (κ1) is 16.7. The number of aromatic nitrogens is 2. The van der Waals surface area contributed by atoms with Crippen LogP contribution in [0.2, 0.25) is 0 Å². The number of halogens is 1. The number of rotatable bonds is 5. The van der Waals surface area contributed by atoms with Crippen LogP contribution in [-0.4, -0.2) is 22.8 Å². The number of ether oxygens (including phenoxy) is 1. The summed E-state index contributed by atoms with van der Waals surface area (Å²) in [5, 5.41) is 7.09. The van der Waals surface area contributed by atoms with E-state index >= 15 is 0 Å². The summed E-state index contributed by atoms with van der Waals surface area (Å²) in [4.78, 5) is 12.4. The minimum absolute atomic E-state index is 0.265. The Kier molecular flexibility index (Phi) is 4.79. The largest absolute Gasteiger partial charge is 0.497 e. The van der Waals surface area contributed by atoms with Gasteiger partial charge in [-0.1, -0.05) is 30.3 Å². The molecule has 25 heavy (non-hydrogen) atoms. The molecule has 2 aromatic carbocycles. The average Bonchev–Trinajstić information content (AvgIpc) is 3.02. The molecule has 0 aliphatic heterocycles. The Morgan fingerprint density at radius 3 is 2.64 bits per heavy atom. The molecule has 0 saturated carbocycles. The molecule has 1 N–H and O–H groups in total. The SMILES string of the molecule is COc1ccc(-c2cc(C(=O)NCc3ccccc3)n(C)n2)c(F)c1. The normalized spacial score (nSPS) is 10.5. The fourth-order valence-electron chi connectivity index (χ4n) is 2.51. The Morgan fingerprint density at radius 2 is 1.96 bits per heavy atom. The zero-order valence-electron chi connectivity index (χ0n) is 14.0. The van der Waals surface area contributed by atoms with Gasteiger partial charge in [0.1, 0.15) is 17.3 Å². The van der Waals surface area contributed by atoms with Crippen molar-refractivity contribution in [3.05, 3.63) is 71.7 Å². The first-order valence-electron chi connectivity index (χ1n) is 7.78. The molecule has 0 atom stereocenters. The zero-order valence-corrected chi connectivity index (χ0v) is 14.0. The van der Waals surface area contributed by atoms with Crippen LogP contribution in [0.1, 0.15) is 16.1 Å².